The number of fused-ring (bicyclic) bond motifs is 1. The zero-order valence-electron chi connectivity index (χ0n) is 21.6. The van der Waals surface area contributed by atoms with Crippen LogP contribution in [0.3, 0.4) is 0 Å². The summed E-state index contributed by atoms with van der Waals surface area (Å²) in [5.41, 5.74) is 4.43. The summed E-state index contributed by atoms with van der Waals surface area (Å²) in [5, 5.41) is 11.1. The van der Waals surface area contributed by atoms with E-state index in [4.69, 9.17) is 16.3 Å². The van der Waals surface area contributed by atoms with E-state index in [2.05, 4.69) is 37.5 Å². The van der Waals surface area contributed by atoms with Gasteiger partial charge in [-0.2, -0.15) is 5.10 Å². The van der Waals surface area contributed by atoms with Crippen LogP contribution in [-0.4, -0.2) is 43.1 Å². The molecule has 3 amide bonds. The number of aromatic nitrogens is 4. The number of anilines is 1. The van der Waals surface area contributed by atoms with E-state index < -0.39 is 11.8 Å². The van der Waals surface area contributed by atoms with Crippen LogP contribution in [0.25, 0.3) is 11.4 Å². The van der Waals surface area contributed by atoms with Gasteiger partial charge in [-0.1, -0.05) is 29.8 Å². The number of imidazole rings is 1. The average molecular weight is 562 g/mol. The van der Waals surface area contributed by atoms with E-state index in [-0.39, 0.29) is 24.5 Å². The first kappa shape index (κ1) is 25.9. The van der Waals surface area contributed by atoms with Gasteiger partial charge in [0.1, 0.15) is 24.1 Å². The Morgan fingerprint density at radius 1 is 1.07 bits per heavy atom. The molecule has 0 bridgehead atoms. The number of benzene rings is 2. The van der Waals surface area contributed by atoms with Crippen molar-refractivity contribution in [2.45, 2.75) is 32.7 Å². The zero-order valence-corrected chi connectivity index (χ0v) is 22.4. The van der Waals surface area contributed by atoms with Crippen molar-refractivity contribution in [3.8, 4) is 17.3 Å². The third-order valence-corrected chi connectivity index (χ3v) is 7.41. The van der Waals surface area contributed by atoms with Crippen molar-refractivity contribution < 1.29 is 18.7 Å². The molecule has 0 spiro atoms. The first-order valence-corrected chi connectivity index (χ1v) is 13.1. The third-order valence-electron chi connectivity index (χ3n) is 7.05. The highest BCUT2D eigenvalue weighted by Gasteiger charge is 2.28. The summed E-state index contributed by atoms with van der Waals surface area (Å²) in [4.78, 5) is 32.2. The number of urea groups is 1. The maximum atomic E-state index is 14.0. The van der Waals surface area contributed by atoms with Gasteiger partial charge < -0.3 is 9.30 Å². The van der Waals surface area contributed by atoms with E-state index in [9.17, 15) is 14.0 Å². The Morgan fingerprint density at radius 3 is 2.70 bits per heavy atom. The normalized spacial score (nSPS) is 15.3. The third kappa shape index (κ3) is 5.13. The minimum Gasteiger partial charge on any atom is -0.472 e. The lowest BCUT2D eigenvalue weighted by Crippen LogP contribution is -2.50. The molecular weight excluding hydrogens is 537 g/mol. The van der Waals surface area contributed by atoms with Crippen LogP contribution in [0, 0.1) is 5.82 Å². The fraction of sp³-hybridized carbons (Fsp3) is 0.250. The number of imide groups is 1. The van der Waals surface area contributed by atoms with E-state index in [1.54, 1.807) is 24.4 Å². The van der Waals surface area contributed by atoms with E-state index in [1.165, 1.54) is 22.1 Å². The molecule has 204 valence electrons. The number of rotatable bonds is 7. The van der Waals surface area contributed by atoms with Gasteiger partial charge >= 0.3 is 6.03 Å². The van der Waals surface area contributed by atoms with Crippen molar-refractivity contribution in [1.82, 2.24) is 30.0 Å². The van der Waals surface area contributed by atoms with Crippen molar-refractivity contribution in [3.05, 3.63) is 88.0 Å². The van der Waals surface area contributed by atoms with Crippen molar-refractivity contribution in [1.29, 1.82) is 0 Å². The molecule has 0 radical (unpaired) electrons. The highest BCUT2D eigenvalue weighted by Crippen LogP contribution is 2.31. The number of ether oxygens (including phenoxy) is 1. The lowest BCUT2D eigenvalue weighted by Gasteiger charge is -2.26. The lowest BCUT2D eigenvalue weighted by molar-refractivity contribution is -0.120. The van der Waals surface area contributed by atoms with Crippen LogP contribution >= 0.6 is 11.6 Å². The first-order chi connectivity index (χ1) is 19.4. The van der Waals surface area contributed by atoms with E-state index >= 15 is 0 Å². The van der Waals surface area contributed by atoms with Crippen LogP contribution in [0.15, 0.2) is 54.7 Å². The number of halogens is 2. The van der Waals surface area contributed by atoms with E-state index in [0.29, 0.717) is 29.8 Å². The van der Waals surface area contributed by atoms with Gasteiger partial charge in [0.2, 0.25) is 11.8 Å². The second-order valence-electron chi connectivity index (χ2n) is 9.73. The van der Waals surface area contributed by atoms with Gasteiger partial charge in [-0.15, -0.1) is 5.10 Å². The standard InChI is InChI=1S/C28H25ClFN7O3/c1-35-26(37-10-9-24(38)32-28(37)39)12-31-27(35)17-5-6-18-13-36(14-19(18)11-17)15-20-7-8-25(34-33-20)40-16-21-22(29)3-2-4-23(21)30/h2-8,11-12H,9-10,13-16H2,1H3,(H,32,38,39). The Labute approximate surface area is 234 Å². The molecule has 0 saturated carbocycles. The first-order valence-electron chi connectivity index (χ1n) is 12.7. The monoisotopic (exact) mass is 561 g/mol. The van der Waals surface area contributed by atoms with Crippen LogP contribution in [0.5, 0.6) is 5.88 Å². The Bertz CT molecular complexity index is 1590. The summed E-state index contributed by atoms with van der Waals surface area (Å²) in [7, 11) is 1.86. The van der Waals surface area contributed by atoms with E-state index in [1.807, 2.05) is 23.7 Å². The molecular formula is C28H25ClFN7O3. The van der Waals surface area contributed by atoms with Crippen molar-refractivity contribution in [3.63, 3.8) is 0 Å². The Hall–Kier alpha value is -4.35. The topological polar surface area (TPSA) is 105 Å². The summed E-state index contributed by atoms with van der Waals surface area (Å²) >= 11 is 6.06. The maximum Gasteiger partial charge on any atom is 0.329 e. The second kappa shape index (κ2) is 10.7. The number of hydrogen-bond acceptors (Lipinski definition) is 7. The maximum absolute atomic E-state index is 14.0. The molecule has 1 N–H and O–H groups in total. The van der Waals surface area contributed by atoms with Crippen LogP contribution in [0.1, 0.15) is 28.8 Å². The molecule has 40 heavy (non-hydrogen) atoms. The van der Waals surface area contributed by atoms with Crippen LogP contribution in [0.4, 0.5) is 15.0 Å². The zero-order chi connectivity index (χ0) is 27.8. The summed E-state index contributed by atoms with van der Waals surface area (Å²) < 4.78 is 21.4. The fourth-order valence-electron chi connectivity index (χ4n) is 4.97. The highest BCUT2D eigenvalue weighted by molar-refractivity contribution is 6.31. The second-order valence-corrected chi connectivity index (χ2v) is 10.1. The molecule has 2 aromatic heterocycles. The number of nitrogens with zero attached hydrogens (tertiary/aromatic N) is 6. The van der Waals surface area contributed by atoms with Gasteiger partial charge in [-0.25, -0.2) is 14.2 Å². The van der Waals surface area contributed by atoms with Crippen LogP contribution in [-0.2, 0) is 38.1 Å². The molecule has 1 fully saturated rings. The predicted octanol–water partition coefficient (Wildman–Crippen LogP) is 4.21. The van der Waals surface area contributed by atoms with Crippen molar-refractivity contribution in [2.24, 2.45) is 7.05 Å². The summed E-state index contributed by atoms with van der Waals surface area (Å²) in [6.07, 6.45) is 1.91. The molecule has 10 nitrogen and oxygen atoms in total. The van der Waals surface area contributed by atoms with Gasteiger partial charge in [-0.05, 0) is 35.4 Å². The van der Waals surface area contributed by atoms with E-state index in [0.717, 1.165) is 30.2 Å². The fourth-order valence-corrected chi connectivity index (χ4v) is 5.19. The van der Waals surface area contributed by atoms with Gasteiger partial charge in [0.25, 0.3) is 0 Å². The van der Waals surface area contributed by atoms with Gasteiger partial charge in [0.15, 0.2) is 0 Å². The Kier molecular flexibility index (Phi) is 6.91. The molecule has 2 aliphatic rings. The Balaban J connectivity index is 1.09. The number of nitrogens with one attached hydrogen (secondary N) is 1. The molecule has 0 unspecified atom stereocenters. The molecule has 6 rings (SSSR count). The minimum atomic E-state index is -0.437. The summed E-state index contributed by atoms with van der Waals surface area (Å²) in [5.74, 6) is 0.959. The average Bonchev–Trinajstić information content (AvgIpc) is 3.51. The van der Waals surface area contributed by atoms with Gasteiger partial charge in [-0.3, -0.25) is 19.9 Å². The van der Waals surface area contributed by atoms with Gasteiger partial charge in [0.05, 0.1) is 16.9 Å². The van der Waals surface area contributed by atoms with Gasteiger partial charge in [0, 0.05) is 56.8 Å². The number of carbonyl (C=O) groups is 2. The van der Waals surface area contributed by atoms with Crippen molar-refractivity contribution in [2.75, 3.05) is 11.4 Å². The quantitative estimate of drug-likeness (QED) is 0.360. The van der Waals surface area contributed by atoms with Crippen LogP contribution < -0.4 is 15.0 Å². The lowest BCUT2D eigenvalue weighted by atomic mass is 10.1. The predicted molar refractivity (Wildman–Crippen MR) is 145 cm³/mol. The molecule has 0 atom stereocenters. The number of amides is 3. The molecule has 2 aromatic carbocycles. The SMILES string of the molecule is Cn1c(N2CCC(=O)NC2=O)cnc1-c1ccc2c(c1)CN(Cc1ccc(OCc3c(F)cccc3Cl)nn1)C2. The summed E-state index contributed by atoms with van der Waals surface area (Å²) in [6, 6.07) is 13.9. The summed E-state index contributed by atoms with van der Waals surface area (Å²) in [6.45, 7) is 2.40. The molecule has 4 heterocycles. The Morgan fingerprint density at radius 2 is 1.93 bits per heavy atom. The molecule has 1 saturated heterocycles. The number of carbonyl (C=O) groups excluding carboxylic acids is 2. The molecule has 12 heteroatoms. The molecule has 2 aliphatic heterocycles. The minimum absolute atomic E-state index is 0.0360. The largest absolute Gasteiger partial charge is 0.472 e. The number of hydrogen-bond donors (Lipinski definition) is 1. The highest BCUT2D eigenvalue weighted by atomic mass is 35.5. The van der Waals surface area contributed by atoms with Crippen molar-refractivity contribution >= 4 is 29.4 Å². The smallest absolute Gasteiger partial charge is 0.329 e. The van der Waals surface area contributed by atoms with Crippen LogP contribution in [0.2, 0.25) is 5.02 Å². The molecule has 0 aliphatic carbocycles. The molecule has 4 aromatic rings.